The number of benzene rings is 1. The Balaban J connectivity index is 1.44. The molecular formula is C19H21FN4. The van der Waals surface area contributed by atoms with Gasteiger partial charge in [0.1, 0.15) is 11.6 Å². The van der Waals surface area contributed by atoms with E-state index in [1.54, 1.807) is 18.3 Å². The lowest BCUT2D eigenvalue weighted by Gasteiger charge is -2.32. The molecule has 1 aliphatic heterocycles. The lowest BCUT2D eigenvalue weighted by Crippen LogP contribution is -2.33. The number of rotatable bonds is 3. The predicted molar refractivity (Wildman–Crippen MR) is 92.2 cm³/mol. The lowest BCUT2D eigenvalue weighted by molar-refractivity contribution is 0.197. The molecule has 0 amide bonds. The van der Waals surface area contributed by atoms with E-state index in [4.69, 9.17) is 4.98 Å². The maximum absolute atomic E-state index is 14.0. The van der Waals surface area contributed by atoms with Gasteiger partial charge in [0, 0.05) is 13.2 Å². The highest BCUT2D eigenvalue weighted by Gasteiger charge is 2.23. The number of imidazole rings is 1. The van der Waals surface area contributed by atoms with Crippen LogP contribution in [0.25, 0.3) is 11.0 Å². The summed E-state index contributed by atoms with van der Waals surface area (Å²) in [6, 6.07) is 9.12. The summed E-state index contributed by atoms with van der Waals surface area (Å²) >= 11 is 0. The molecule has 0 radical (unpaired) electrons. The van der Waals surface area contributed by atoms with E-state index in [0.29, 0.717) is 5.92 Å². The average molecular weight is 324 g/mol. The molecule has 2 aromatic heterocycles. The minimum atomic E-state index is -0.0706. The molecule has 1 fully saturated rings. The number of aryl methyl sites for hydroxylation is 1. The van der Waals surface area contributed by atoms with E-state index in [-0.39, 0.29) is 5.82 Å². The first-order valence-corrected chi connectivity index (χ1v) is 8.44. The Hall–Kier alpha value is -2.27. The Morgan fingerprint density at radius 2 is 1.96 bits per heavy atom. The third kappa shape index (κ3) is 2.80. The molecule has 4 rings (SSSR count). The van der Waals surface area contributed by atoms with Crippen LogP contribution in [-0.4, -0.2) is 32.5 Å². The topological polar surface area (TPSA) is 34.0 Å². The number of halogens is 1. The van der Waals surface area contributed by atoms with Crippen molar-refractivity contribution >= 4 is 11.0 Å². The van der Waals surface area contributed by atoms with Gasteiger partial charge in [0.05, 0.1) is 23.8 Å². The molecule has 3 heterocycles. The first-order chi connectivity index (χ1) is 11.7. The number of aromatic nitrogens is 3. The third-order valence-electron chi connectivity index (χ3n) is 5.07. The second kappa shape index (κ2) is 6.32. The molecule has 4 nitrogen and oxygen atoms in total. The molecule has 0 aliphatic carbocycles. The highest BCUT2D eigenvalue weighted by molar-refractivity contribution is 5.74. The van der Waals surface area contributed by atoms with E-state index in [2.05, 4.69) is 14.5 Å². The molecule has 1 aromatic carbocycles. The van der Waals surface area contributed by atoms with Crippen molar-refractivity contribution < 1.29 is 4.39 Å². The van der Waals surface area contributed by atoms with Gasteiger partial charge >= 0.3 is 0 Å². The van der Waals surface area contributed by atoms with Crippen LogP contribution in [0.15, 0.2) is 42.7 Å². The van der Waals surface area contributed by atoms with Crippen molar-refractivity contribution in [3.63, 3.8) is 0 Å². The van der Waals surface area contributed by atoms with Crippen LogP contribution in [0.4, 0.5) is 4.39 Å². The van der Waals surface area contributed by atoms with E-state index in [1.165, 1.54) is 0 Å². The van der Waals surface area contributed by atoms with Crippen molar-refractivity contribution in [2.75, 3.05) is 13.1 Å². The largest absolute Gasteiger partial charge is 0.329 e. The number of nitrogens with zero attached hydrogens (tertiary/aromatic N) is 4. The highest BCUT2D eigenvalue weighted by atomic mass is 19.1. The molecule has 1 saturated heterocycles. The van der Waals surface area contributed by atoms with Crippen molar-refractivity contribution in [1.29, 1.82) is 0 Å². The summed E-state index contributed by atoms with van der Waals surface area (Å²) in [6.45, 7) is 2.77. The summed E-state index contributed by atoms with van der Waals surface area (Å²) in [5.74, 6) is 1.31. The van der Waals surface area contributed by atoms with Crippen molar-refractivity contribution in [1.82, 2.24) is 19.4 Å². The summed E-state index contributed by atoms with van der Waals surface area (Å²) < 4.78 is 16.1. The first kappa shape index (κ1) is 15.3. The van der Waals surface area contributed by atoms with Crippen molar-refractivity contribution in [2.24, 2.45) is 7.05 Å². The Bertz CT molecular complexity index is 849. The molecule has 0 N–H and O–H groups in total. The summed E-state index contributed by atoms with van der Waals surface area (Å²) in [5.41, 5.74) is 2.92. The van der Waals surface area contributed by atoms with Gasteiger partial charge in [-0.15, -0.1) is 0 Å². The molecule has 124 valence electrons. The standard InChI is InChI=1S/C19H21FN4/c1-23-18-12-21-9-6-17(18)22-19(23)13-24-10-7-14(8-11-24)15-4-2-3-5-16(15)20/h2-6,9,12,14H,7-8,10-11,13H2,1H3. The van der Waals surface area contributed by atoms with Gasteiger partial charge in [-0.2, -0.15) is 0 Å². The minimum Gasteiger partial charge on any atom is -0.329 e. The van der Waals surface area contributed by atoms with Gasteiger partial charge < -0.3 is 4.57 Å². The average Bonchev–Trinajstić information content (AvgIpc) is 2.93. The van der Waals surface area contributed by atoms with Gasteiger partial charge in [0.25, 0.3) is 0 Å². The van der Waals surface area contributed by atoms with Gasteiger partial charge in [-0.05, 0) is 49.5 Å². The normalized spacial score (nSPS) is 16.8. The molecule has 24 heavy (non-hydrogen) atoms. The van der Waals surface area contributed by atoms with E-state index in [1.807, 2.05) is 31.4 Å². The summed E-state index contributed by atoms with van der Waals surface area (Å²) in [5, 5.41) is 0. The second-order valence-electron chi connectivity index (χ2n) is 6.52. The van der Waals surface area contributed by atoms with E-state index >= 15 is 0 Å². The van der Waals surface area contributed by atoms with E-state index in [0.717, 1.165) is 54.9 Å². The first-order valence-electron chi connectivity index (χ1n) is 8.44. The molecule has 0 atom stereocenters. The number of pyridine rings is 1. The van der Waals surface area contributed by atoms with Gasteiger partial charge in [-0.3, -0.25) is 9.88 Å². The zero-order valence-electron chi connectivity index (χ0n) is 13.8. The molecule has 0 unspecified atom stereocenters. The Kier molecular flexibility index (Phi) is 4.02. The van der Waals surface area contributed by atoms with Crippen LogP contribution >= 0.6 is 0 Å². The Morgan fingerprint density at radius 3 is 2.71 bits per heavy atom. The minimum absolute atomic E-state index is 0.0706. The summed E-state index contributed by atoms with van der Waals surface area (Å²) in [6.07, 6.45) is 5.62. The third-order valence-corrected chi connectivity index (χ3v) is 5.07. The molecular weight excluding hydrogens is 303 g/mol. The van der Waals surface area contributed by atoms with Crippen LogP contribution in [0.1, 0.15) is 30.1 Å². The van der Waals surface area contributed by atoms with Crippen molar-refractivity contribution in [3.05, 3.63) is 59.9 Å². The van der Waals surface area contributed by atoms with Crippen LogP contribution in [0.3, 0.4) is 0 Å². The molecule has 5 heteroatoms. The van der Waals surface area contributed by atoms with Gasteiger partial charge in [0.2, 0.25) is 0 Å². The Morgan fingerprint density at radius 1 is 1.17 bits per heavy atom. The maximum atomic E-state index is 14.0. The Labute approximate surface area is 141 Å². The lowest BCUT2D eigenvalue weighted by atomic mass is 9.89. The fourth-order valence-electron chi connectivity index (χ4n) is 3.63. The monoisotopic (exact) mass is 324 g/mol. The van der Waals surface area contributed by atoms with Crippen LogP contribution in [0.5, 0.6) is 0 Å². The quantitative estimate of drug-likeness (QED) is 0.739. The number of likely N-dealkylation sites (tertiary alicyclic amines) is 1. The van der Waals surface area contributed by atoms with E-state index < -0.39 is 0 Å². The fourth-order valence-corrected chi connectivity index (χ4v) is 3.63. The smallest absolute Gasteiger partial charge is 0.126 e. The van der Waals surface area contributed by atoms with Crippen LogP contribution in [0, 0.1) is 5.82 Å². The summed E-state index contributed by atoms with van der Waals surface area (Å²) in [7, 11) is 2.04. The van der Waals surface area contributed by atoms with Crippen LogP contribution in [-0.2, 0) is 13.6 Å². The van der Waals surface area contributed by atoms with Crippen molar-refractivity contribution in [3.8, 4) is 0 Å². The number of piperidine rings is 1. The van der Waals surface area contributed by atoms with Crippen molar-refractivity contribution in [2.45, 2.75) is 25.3 Å². The number of hydrogen-bond acceptors (Lipinski definition) is 3. The zero-order chi connectivity index (χ0) is 16.5. The fraction of sp³-hybridized carbons (Fsp3) is 0.368. The predicted octanol–water partition coefficient (Wildman–Crippen LogP) is 3.49. The molecule has 3 aromatic rings. The molecule has 0 bridgehead atoms. The van der Waals surface area contributed by atoms with Gasteiger partial charge in [-0.25, -0.2) is 9.37 Å². The molecule has 1 aliphatic rings. The van der Waals surface area contributed by atoms with Crippen LogP contribution < -0.4 is 0 Å². The summed E-state index contributed by atoms with van der Waals surface area (Å²) in [4.78, 5) is 11.3. The highest BCUT2D eigenvalue weighted by Crippen LogP contribution is 2.30. The zero-order valence-corrected chi connectivity index (χ0v) is 13.8. The maximum Gasteiger partial charge on any atom is 0.126 e. The number of fused-ring (bicyclic) bond motifs is 1. The van der Waals surface area contributed by atoms with Crippen LogP contribution in [0.2, 0.25) is 0 Å². The van der Waals surface area contributed by atoms with E-state index in [9.17, 15) is 4.39 Å². The number of hydrogen-bond donors (Lipinski definition) is 0. The van der Waals surface area contributed by atoms with Gasteiger partial charge in [0.15, 0.2) is 0 Å². The second-order valence-corrected chi connectivity index (χ2v) is 6.52. The van der Waals surface area contributed by atoms with Gasteiger partial charge in [-0.1, -0.05) is 18.2 Å². The molecule has 0 saturated carbocycles. The molecule has 0 spiro atoms. The SMILES string of the molecule is Cn1c(CN2CCC(c3ccccc3F)CC2)nc2ccncc21.